The first kappa shape index (κ1) is 15.9. The molecule has 106 valence electrons. The summed E-state index contributed by atoms with van der Waals surface area (Å²) in [7, 11) is -3.85. The van der Waals surface area contributed by atoms with Gasteiger partial charge in [-0.25, -0.2) is 17.5 Å². The number of sulfonamides is 1. The van der Waals surface area contributed by atoms with Crippen molar-refractivity contribution < 1.29 is 17.6 Å². The number of amides is 1. The molecule has 0 saturated carbocycles. The summed E-state index contributed by atoms with van der Waals surface area (Å²) in [6.07, 6.45) is 0.349. The van der Waals surface area contributed by atoms with Gasteiger partial charge in [0.25, 0.3) is 0 Å². The van der Waals surface area contributed by atoms with Crippen molar-refractivity contribution in [3.05, 3.63) is 22.4 Å². The van der Waals surface area contributed by atoms with E-state index >= 15 is 0 Å². The molecule has 0 fully saturated rings. The smallest absolute Gasteiger partial charge is 0.242 e. The summed E-state index contributed by atoms with van der Waals surface area (Å²) in [5.41, 5.74) is 10.2. The number of anilines is 1. The SMILES string of the molecule is NC(=O)CCCNS(=O)(=O)c1cc(Br)c(F)cc1N. The van der Waals surface area contributed by atoms with E-state index in [1.54, 1.807) is 0 Å². The molecule has 1 aromatic carbocycles. The lowest BCUT2D eigenvalue weighted by Crippen LogP contribution is -2.26. The molecule has 0 aliphatic heterocycles. The summed E-state index contributed by atoms with van der Waals surface area (Å²) in [5, 5.41) is 0. The Kier molecular flexibility index (Phi) is 5.27. The van der Waals surface area contributed by atoms with Crippen LogP contribution in [0.25, 0.3) is 0 Å². The van der Waals surface area contributed by atoms with E-state index in [2.05, 4.69) is 20.7 Å². The third-order valence-corrected chi connectivity index (χ3v) is 4.36. The third kappa shape index (κ3) is 4.44. The number of primary amides is 1. The van der Waals surface area contributed by atoms with Crippen LogP contribution in [0.4, 0.5) is 10.1 Å². The monoisotopic (exact) mass is 353 g/mol. The molecule has 9 heteroatoms. The summed E-state index contributed by atoms with van der Waals surface area (Å²) in [5.74, 6) is -1.16. The number of halogens is 2. The van der Waals surface area contributed by atoms with Crippen molar-refractivity contribution in [2.45, 2.75) is 17.7 Å². The van der Waals surface area contributed by atoms with E-state index in [1.165, 1.54) is 0 Å². The molecule has 0 unspecified atom stereocenters. The van der Waals surface area contributed by atoms with Crippen molar-refractivity contribution >= 4 is 37.5 Å². The number of hydrogen-bond donors (Lipinski definition) is 3. The van der Waals surface area contributed by atoms with E-state index in [4.69, 9.17) is 11.5 Å². The molecule has 0 atom stereocenters. The van der Waals surface area contributed by atoms with Crippen molar-refractivity contribution in [2.75, 3.05) is 12.3 Å². The predicted molar refractivity (Wildman–Crippen MR) is 72.1 cm³/mol. The average Bonchev–Trinajstić information content (AvgIpc) is 2.29. The summed E-state index contributed by atoms with van der Waals surface area (Å²) >= 11 is 2.89. The largest absolute Gasteiger partial charge is 0.398 e. The van der Waals surface area contributed by atoms with Crippen LogP contribution in [0.1, 0.15) is 12.8 Å². The fraction of sp³-hybridized carbons (Fsp3) is 0.300. The van der Waals surface area contributed by atoms with Gasteiger partial charge in [-0.15, -0.1) is 0 Å². The molecule has 0 saturated heterocycles. The van der Waals surface area contributed by atoms with Crippen molar-refractivity contribution in [3.8, 4) is 0 Å². The first-order valence-electron chi connectivity index (χ1n) is 5.26. The molecule has 5 N–H and O–H groups in total. The van der Waals surface area contributed by atoms with Gasteiger partial charge in [0.15, 0.2) is 0 Å². The van der Waals surface area contributed by atoms with Gasteiger partial charge in [0, 0.05) is 13.0 Å². The fourth-order valence-corrected chi connectivity index (χ4v) is 3.03. The Balaban J connectivity index is 2.83. The Morgan fingerprint density at radius 1 is 1.42 bits per heavy atom. The number of nitrogens with one attached hydrogen (secondary N) is 1. The zero-order valence-electron chi connectivity index (χ0n) is 9.82. The molecule has 19 heavy (non-hydrogen) atoms. The van der Waals surface area contributed by atoms with Crippen LogP contribution in [-0.4, -0.2) is 20.9 Å². The van der Waals surface area contributed by atoms with Crippen LogP contribution in [0.2, 0.25) is 0 Å². The normalized spacial score (nSPS) is 11.5. The van der Waals surface area contributed by atoms with E-state index in [-0.39, 0.29) is 34.4 Å². The zero-order valence-corrected chi connectivity index (χ0v) is 12.2. The lowest BCUT2D eigenvalue weighted by molar-refractivity contribution is -0.118. The highest BCUT2D eigenvalue weighted by Crippen LogP contribution is 2.25. The second-order valence-electron chi connectivity index (χ2n) is 3.77. The number of carbonyl (C=O) groups is 1. The van der Waals surface area contributed by atoms with Gasteiger partial charge >= 0.3 is 0 Å². The molecule has 1 amide bonds. The van der Waals surface area contributed by atoms with Gasteiger partial charge in [-0.3, -0.25) is 4.79 Å². The molecular formula is C10H13BrFN3O3S. The maximum Gasteiger partial charge on any atom is 0.242 e. The van der Waals surface area contributed by atoms with Crippen LogP contribution in [-0.2, 0) is 14.8 Å². The highest BCUT2D eigenvalue weighted by Gasteiger charge is 2.19. The van der Waals surface area contributed by atoms with Gasteiger partial charge in [-0.05, 0) is 34.5 Å². The van der Waals surface area contributed by atoms with Crippen LogP contribution in [0.3, 0.4) is 0 Å². The zero-order chi connectivity index (χ0) is 14.6. The highest BCUT2D eigenvalue weighted by molar-refractivity contribution is 9.10. The lowest BCUT2D eigenvalue weighted by atomic mass is 10.3. The van der Waals surface area contributed by atoms with Crippen LogP contribution in [0, 0.1) is 5.82 Å². The topological polar surface area (TPSA) is 115 Å². The Morgan fingerprint density at radius 3 is 2.63 bits per heavy atom. The minimum atomic E-state index is -3.85. The maximum absolute atomic E-state index is 13.1. The molecule has 0 bridgehead atoms. The minimum absolute atomic E-state index is 0.000731. The van der Waals surface area contributed by atoms with Crippen LogP contribution in [0.15, 0.2) is 21.5 Å². The maximum atomic E-state index is 13.1. The number of benzene rings is 1. The van der Waals surface area contributed by atoms with E-state index in [0.717, 1.165) is 12.1 Å². The molecule has 0 aliphatic carbocycles. The lowest BCUT2D eigenvalue weighted by Gasteiger charge is -2.09. The van der Waals surface area contributed by atoms with E-state index < -0.39 is 21.7 Å². The molecular weight excluding hydrogens is 341 g/mol. The Labute approximate surface area is 118 Å². The Bertz CT molecular complexity index is 592. The standard InChI is InChI=1S/C10H13BrFN3O3S/c11-6-4-9(8(13)5-7(6)12)19(17,18)15-3-1-2-10(14)16/h4-5,15H,1-3,13H2,(H2,14,16). The van der Waals surface area contributed by atoms with Crippen molar-refractivity contribution in [3.63, 3.8) is 0 Å². The van der Waals surface area contributed by atoms with E-state index in [1.807, 2.05) is 0 Å². The second-order valence-corrected chi connectivity index (χ2v) is 6.36. The molecule has 0 aromatic heterocycles. The number of nitrogens with two attached hydrogens (primary N) is 2. The summed E-state index contributed by atoms with van der Waals surface area (Å²) in [6, 6.07) is 2.00. The average molecular weight is 354 g/mol. The molecule has 1 aromatic rings. The van der Waals surface area contributed by atoms with Gasteiger partial charge in [0.2, 0.25) is 15.9 Å². The summed E-state index contributed by atoms with van der Waals surface area (Å²) in [4.78, 5) is 10.3. The van der Waals surface area contributed by atoms with Crippen LogP contribution < -0.4 is 16.2 Å². The molecule has 0 radical (unpaired) electrons. The molecule has 6 nitrogen and oxygen atoms in total. The predicted octanol–water partition coefficient (Wildman–Crippen LogP) is 0.714. The van der Waals surface area contributed by atoms with Gasteiger partial charge in [-0.1, -0.05) is 0 Å². The van der Waals surface area contributed by atoms with E-state index in [0.29, 0.717) is 0 Å². The number of nitrogen functional groups attached to an aromatic ring is 1. The van der Waals surface area contributed by atoms with Crippen LogP contribution in [0.5, 0.6) is 0 Å². The quantitative estimate of drug-likeness (QED) is 0.516. The number of rotatable bonds is 6. The van der Waals surface area contributed by atoms with Crippen molar-refractivity contribution in [1.29, 1.82) is 0 Å². The molecule has 0 spiro atoms. The van der Waals surface area contributed by atoms with Gasteiger partial charge in [0.1, 0.15) is 10.7 Å². The van der Waals surface area contributed by atoms with Crippen molar-refractivity contribution in [2.24, 2.45) is 5.73 Å². The Morgan fingerprint density at radius 2 is 2.05 bits per heavy atom. The summed E-state index contributed by atoms with van der Waals surface area (Å²) < 4.78 is 39.2. The van der Waals surface area contributed by atoms with Crippen LogP contribution >= 0.6 is 15.9 Å². The number of hydrogen-bond acceptors (Lipinski definition) is 4. The molecule has 0 heterocycles. The summed E-state index contributed by atoms with van der Waals surface area (Å²) in [6.45, 7) is 0.0414. The highest BCUT2D eigenvalue weighted by atomic mass is 79.9. The fourth-order valence-electron chi connectivity index (χ4n) is 1.32. The third-order valence-electron chi connectivity index (χ3n) is 2.23. The first-order chi connectivity index (χ1) is 8.74. The van der Waals surface area contributed by atoms with E-state index in [9.17, 15) is 17.6 Å². The number of carbonyl (C=O) groups excluding carboxylic acids is 1. The van der Waals surface area contributed by atoms with Crippen molar-refractivity contribution in [1.82, 2.24) is 4.72 Å². The minimum Gasteiger partial charge on any atom is -0.398 e. The first-order valence-corrected chi connectivity index (χ1v) is 7.54. The van der Waals surface area contributed by atoms with Gasteiger partial charge in [0.05, 0.1) is 10.2 Å². The Hall–Kier alpha value is -1.19. The van der Waals surface area contributed by atoms with Gasteiger partial charge < -0.3 is 11.5 Å². The van der Waals surface area contributed by atoms with Gasteiger partial charge in [-0.2, -0.15) is 0 Å². The molecule has 0 aliphatic rings. The second kappa shape index (κ2) is 6.31. The molecule has 1 rings (SSSR count).